The van der Waals surface area contributed by atoms with Gasteiger partial charge in [0, 0.05) is 24.0 Å². The number of nitro groups is 1. The Morgan fingerprint density at radius 3 is 2.58 bits per heavy atom. The number of carbonyl (C=O) groups excluding carboxylic acids is 1. The van der Waals surface area contributed by atoms with Crippen molar-refractivity contribution in [2.24, 2.45) is 0 Å². The molecular formula is C18H15ClN4O3. The first-order chi connectivity index (χ1) is 12.3. The van der Waals surface area contributed by atoms with E-state index in [1.807, 2.05) is 26.0 Å². The van der Waals surface area contributed by atoms with Gasteiger partial charge in [0.1, 0.15) is 11.6 Å². The highest BCUT2D eigenvalue weighted by Crippen LogP contribution is 2.27. The fraction of sp³-hybridized carbons (Fsp3) is 0.111. The molecule has 0 spiro atoms. The SMILES string of the molecule is Cc1ccc(NC(=O)/C(C#N)=C\Nc2cc([N+](=O)[O-])ccc2Cl)c(C)c1. The summed E-state index contributed by atoms with van der Waals surface area (Å²) in [6, 6.07) is 11.1. The van der Waals surface area contributed by atoms with Crippen LogP contribution in [0.1, 0.15) is 11.1 Å². The van der Waals surface area contributed by atoms with Crippen LogP contribution in [-0.4, -0.2) is 10.8 Å². The zero-order valence-corrected chi connectivity index (χ0v) is 14.8. The Bertz CT molecular complexity index is 948. The Hall–Kier alpha value is -3.37. The topological polar surface area (TPSA) is 108 Å². The van der Waals surface area contributed by atoms with Crippen molar-refractivity contribution < 1.29 is 9.72 Å². The third kappa shape index (κ3) is 4.59. The molecule has 0 aliphatic heterocycles. The smallest absolute Gasteiger partial charge is 0.271 e. The molecule has 1 amide bonds. The van der Waals surface area contributed by atoms with Gasteiger partial charge in [0.05, 0.1) is 15.6 Å². The number of benzene rings is 2. The highest BCUT2D eigenvalue weighted by Gasteiger charge is 2.13. The Kier molecular flexibility index (Phi) is 5.94. The van der Waals surface area contributed by atoms with Crippen LogP contribution in [0.4, 0.5) is 17.1 Å². The molecule has 0 aromatic heterocycles. The zero-order valence-electron chi connectivity index (χ0n) is 14.0. The first-order valence-electron chi connectivity index (χ1n) is 7.51. The molecule has 0 heterocycles. The quantitative estimate of drug-likeness (QED) is 0.352. The van der Waals surface area contributed by atoms with Gasteiger partial charge in [-0.2, -0.15) is 5.26 Å². The maximum Gasteiger partial charge on any atom is 0.271 e. The molecule has 2 N–H and O–H groups in total. The highest BCUT2D eigenvalue weighted by atomic mass is 35.5. The predicted molar refractivity (Wildman–Crippen MR) is 100.0 cm³/mol. The maximum atomic E-state index is 12.3. The lowest BCUT2D eigenvalue weighted by molar-refractivity contribution is -0.384. The third-order valence-corrected chi connectivity index (χ3v) is 3.86. The van der Waals surface area contributed by atoms with Gasteiger partial charge >= 0.3 is 0 Å². The molecule has 0 bridgehead atoms. The summed E-state index contributed by atoms with van der Waals surface area (Å²) >= 11 is 5.97. The molecule has 0 fully saturated rings. The number of hydrogen-bond acceptors (Lipinski definition) is 5. The van der Waals surface area contributed by atoms with Crippen molar-refractivity contribution in [1.82, 2.24) is 0 Å². The van der Waals surface area contributed by atoms with E-state index in [1.165, 1.54) is 18.2 Å². The molecule has 2 aromatic carbocycles. The van der Waals surface area contributed by atoms with Gasteiger partial charge in [0.15, 0.2) is 0 Å². The zero-order chi connectivity index (χ0) is 19.3. The van der Waals surface area contributed by atoms with Crippen molar-refractivity contribution in [3.05, 3.63) is 74.4 Å². The number of hydrogen-bond donors (Lipinski definition) is 2. The molecule has 2 aromatic rings. The van der Waals surface area contributed by atoms with Gasteiger partial charge in [-0.3, -0.25) is 14.9 Å². The van der Waals surface area contributed by atoms with Gasteiger partial charge in [-0.15, -0.1) is 0 Å². The molecule has 0 unspecified atom stereocenters. The predicted octanol–water partition coefficient (Wildman–Crippen LogP) is 4.32. The van der Waals surface area contributed by atoms with Crippen molar-refractivity contribution in [3.8, 4) is 6.07 Å². The van der Waals surface area contributed by atoms with Crippen LogP contribution in [0, 0.1) is 35.3 Å². The standard InChI is InChI=1S/C18H15ClN4O3/c1-11-3-6-16(12(2)7-11)22-18(24)13(9-20)10-21-17-8-14(23(25)26)4-5-15(17)19/h3-8,10,21H,1-2H3,(H,22,24)/b13-10-. The number of rotatable bonds is 5. The Balaban J connectivity index is 2.20. The summed E-state index contributed by atoms with van der Waals surface area (Å²) in [5.41, 5.74) is 2.36. The van der Waals surface area contributed by atoms with Gasteiger partial charge in [-0.25, -0.2) is 0 Å². The number of anilines is 2. The van der Waals surface area contributed by atoms with Crippen molar-refractivity contribution in [2.45, 2.75) is 13.8 Å². The summed E-state index contributed by atoms with van der Waals surface area (Å²) in [6.45, 7) is 3.78. The summed E-state index contributed by atoms with van der Waals surface area (Å²) in [5.74, 6) is -0.603. The van der Waals surface area contributed by atoms with Crippen LogP contribution in [0.3, 0.4) is 0 Å². The number of nitro benzene ring substituents is 1. The fourth-order valence-electron chi connectivity index (χ4n) is 2.18. The minimum atomic E-state index is -0.603. The Labute approximate surface area is 155 Å². The number of nitrogens with zero attached hydrogens (tertiary/aromatic N) is 2. The van der Waals surface area contributed by atoms with Crippen molar-refractivity contribution in [1.29, 1.82) is 5.26 Å². The maximum absolute atomic E-state index is 12.3. The van der Waals surface area contributed by atoms with E-state index in [4.69, 9.17) is 11.6 Å². The molecule has 0 saturated carbocycles. The van der Waals surface area contributed by atoms with Crippen LogP contribution in [-0.2, 0) is 4.79 Å². The lowest BCUT2D eigenvalue weighted by Gasteiger charge is -2.09. The molecule has 0 aliphatic rings. The second kappa shape index (κ2) is 8.14. The number of halogens is 1. The summed E-state index contributed by atoms with van der Waals surface area (Å²) in [4.78, 5) is 22.5. The van der Waals surface area contributed by atoms with Crippen LogP contribution in [0.2, 0.25) is 5.02 Å². The van der Waals surface area contributed by atoms with Gasteiger partial charge in [-0.1, -0.05) is 29.3 Å². The van der Waals surface area contributed by atoms with Crippen LogP contribution in [0.25, 0.3) is 0 Å². The third-order valence-electron chi connectivity index (χ3n) is 3.53. The summed E-state index contributed by atoms with van der Waals surface area (Å²) in [5, 5.41) is 25.6. The molecule has 0 saturated heterocycles. The second-order valence-electron chi connectivity index (χ2n) is 5.51. The number of carbonyl (C=O) groups is 1. The number of aryl methyl sites for hydroxylation is 2. The number of nitrogens with one attached hydrogen (secondary N) is 2. The van der Waals surface area contributed by atoms with Crippen LogP contribution in [0.15, 0.2) is 48.2 Å². The average Bonchev–Trinajstić information content (AvgIpc) is 2.59. The molecular weight excluding hydrogens is 356 g/mol. The molecule has 0 atom stereocenters. The van der Waals surface area contributed by atoms with E-state index in [9.17, 15) is 20.2 Å². The van der Waals surface area contributed by atoms with E-state index in [1.54, 1.807) is 12.1 Å². The lowest BCUT2D eigenvalue weighted by Crippen LogP contribution is -2.15. The molecule has 26 heavy (non-hydrogen) atoms. The largest absolute Gasteiger partial charge is 0.359 e. The van der Waals surface area contributed by atoms with Crippen LogP contribution >= 0.6 is 11.6 Å². The average molecular weight is 371 g/mol. The molecule has 7 nitrogen and oxygen atoms in total. The first kappa shape index (κ1) is 19.0. The fourth-order valence-corrected chi connectivity index (χ4v) is 2.35. The van der Waals surface area contributed by atoms with E-state index in [2.05, 4.69) is 10.6 Å². The first-order valence-corrected chi connectivity index (χ1v) is 7.89. The lowest BCUT2D eigenvalue weighted by atomic mass is 10.1. The number of non-ortho nitro benzene ring substituents is 1. The van der Waals surface area contributed by atoms with Gasteiger partial charge in [-0.05, 0) is 31.5 Å². The molecule has 0 aliphatic carbocycles. The van der Waals surface area contributed by atoms with Gasteiger partial charge in [0.2, 0.25) is 0 Å². The van der Waals surface area contributed by atoms with Crippen molar-refractivity contribution in [3.63, 3.8) is 0 Å². The monoisotopic (exact) mass is 370 g/mol. The molecule has 2 rings (SSSR count). The van der Waals surface area contributed by atoms with E-state index < -0.39 is 10.8 Å². The molecule has 132 valence electrons. The van der Waals surface area contributed by atoms with Crippen molar-refractivity contribution in [2.75, 3.05) is 10.6 Å². The van der Waals surface area contributed by atoms with E-state index in [0.717, 1.165) is 17.3 Å². The number of amides is 1. The minimum absolute atomic E-state index is 0.163. The van der Waals surface area contributed by atoms with E-state index >= 15 is 0 Å². The second-order valence-corrected chi connectivity index (χ2v) is 5.92. The molecule has 0 radical (unpaired) electrons. The van der Waals surface area contributed by atoms with Crippen molar-refractivity contribution >= 4 is 34.6 Å². The van der Waals surface area contributed by atoms with Crippen LogP contribution in [0.5, 0.6) is 0 Å². The van der Waals surface area contributed by atoms with E-state index in [0.29, 0.717) is 5.69 Å². The van der Waals surface area contributed by atoms with Gasteiger partial charge < -0.3 is 10.6 Å². The highest BCUT2D eigenvalue weighted by molar-refractivity contribution is 6.33. The molecule has 8 heteroatoms. The Morgan fingerprint density at radius 1 is 1.23 bits per heavy atom. The van der Waals surface area contributed by atoms with Gasteiger partial charge in [0.25, 0.3) is 11.6 Å². The van der Waals surface area contributed by atoms with E-state index in [-0.39, 0.29) is 22.0 Å². The Morgan fingerprint density at radius 2 is 1.96 bits per heavy atom. The van der Waals surface area contributed by atoms with Crippen LogP contribution < -0.4 is 10.6 Å². The minimum Gasteiger partial charge on any atom is -0.359 e. The normalized spacial score (nSPS) is 10.8. The summed E-state index contributed by atoms with van der Waals surface area (Å²) in [6.07, 6.45) is 1.16. The summed E-state index contributed by atoms with van der Waals surface area (Å²) in [7, 11) is 0. The summed E-state index contributed by atoms with van der Waals surface area (Å²) < 4.78 is 0. The number of nitriles is 1.